The van der Waals surface area contributed by atoms with E-state index < -0.39 is 80.9 Å². The molecule has 3 N–H and O–H groups in total. The number of carbonyl (C=O) groups excluding carboxylic acids is 5. The first-order valence-electron chi connectivity index (χ1n) is 18.8. The summed E-state index contributed by atoms with van der Waals surface area (Å²) in [6, 6.07) is 7.07. The number of benzene rings is 2. The lowest BCUT2D eigenvalue weighted by atomic mass is 10.0. The second kappa shape index (κ2) is 16.0. The van der Waals surface area contributed by atoms with Crippen LogP contribution in [-0.4, -0.2) is 95.8 Å². The Bertz CT molecular complexity index is 2030. The number of nitrogens with one attached hydrogen (secondary N) is 3. The van der Waals surface area contributed by atoms with Gasteiger partial charge in [0.15, 0.2) is 0 Å². The van der Waals surface area contributed by atoms with Crippen LogP contribution in [0.1, 0.15) is 76.8 Å². The van der Waals surface area contributed by atoms with Crippen molar-refractivity contribution in [1.82, 2.24) is 30.1 Å². The van der Waals surface area contributed by atoms with E-state index in [4.69, 9.17) is 16.3 Å². The summed E-state index contributed by atoms with van der Waals surface area (Å²) in [6.07, 6.45) is 4.84. The summed E-state index contributed by atoms with van der Waals surface area (Å²) in [5.74, 6) is -3.26. The average molecular weight is 815 g/mol. The second-order valence-corrected chi connectivity index (χ2v) is 18.1. The smallest absolute Gasteiger partial charge is 0.410 e. The van der Waals surface area contributed by atoms with Gasteiger partial charge in [-0.25, -0.2) is 27.1 Å². The van der Waals surface area contributed by atoms with Crippen molar-refractivity contribution < 1.29 is 41.5 Å². The van der Waals surface area contributed by atoms with Gasteiger partial charge in [-0.15, -0.1) is 0 Å². The minimum Gasteiger partial charge on any atom is -0.444 e. The summed E-state index contributed by atoms with van der Waals surface area (Å²) >= 11 is 5.94. The molecular weight excluding hydrogens is 767 g/mol. The maximum atomic E-state index is 14.5. The van der Waals surface area contributed by atoms with E-state index >= 15 is 0 Å². The molecule has 14 nitrogen and oxygen atoms in total. The molecule has 2 fully saturated rings. The van der Waals surface area contributed by atoms with Crippen molar-refractivity contribution in [3.63, 3.8) is 0 Å². The molecular formula is C39H48ClFN6O8S. The van der Waals surface area contributed by atoms with E-state index in [0.29, 0.717) is 35.4 Å². The van der Waals surface area contributed by atoms with Crippen molar-refractivity contribution in [2.45, 2.75) is 113 Å². The third-order valence-electron chi connectivity index (χ3n) is 11.1. The SMILES string of the molecule is CN(C(=O)N[C@H]1CCCCC/C=C\[C@H]2C[C@@]2(C(=O)NS(=O)(=O)c2ccc(Cl)cc2)NC(=O)[C@@H]2C[C@@H](OC(=O)N3Cc4cccc(F)c4C3)CN2C1=O)C(C)(C)C. The summed E-state index contributed by atoms with van der Waals surface area (Å²) in [5, 5.41) is 5.94. The molecule has 1 saturated carbocycles. The molecule has 6 amide bonds. The molecule has 0 spiro atoms. The molecule has 0 bridgehead atoms. The number of nitrogens with zero attached hydrogens (tertiary/aromatic N) is 3. The Morgan fingerprint density at radius 1 is 1.05 bits per heavy atom. The number of rotatable bonds is 5. The Labute approximate surface area is 331 Å². The summed E-state index contributed by atoms with van der Waals surface area (Å²) in [6.45, 7) is 5.45. The zero-order valence-corrected chi connectivity index (χ0v) is 33.4. The third kappa shape index (κ3) is 8.80. The molecule has 6 rings (SSSR count). The van der Waals surface area contributed by atoms with Crippen molar-refractivity contribution in [2.75, 3.05) is 13.6 Å². The van der Waals surface area contributed by atoms with Crippen LogP contribution in [0.3, 0.4) is 0 Å². The topological polar surface area (TPSA) is 175 Å². The van der Waals surface area contributed by atoms with Gasteiger partial charge in [0, 0.05) is 42.1 Å². The lowest BCUT2D eigenvalue weighted by Gasteiger charge is -2.35. The normalized spacial score (nSPS) is 26.0. The molecule has 0 aromatic heterocycles. The first-order chi connectivity index (χ1) is 26.4. The number of sulfonamides is 1. The quantitative estimate of drug-likeness (QED) is 0.367. The standard InChI is InChI=1S/C39H48ClFN6O8S/c1-38(2,3)45(4)36(51)42-31-14-9-7-5-6-8-12-25-20-39(25,35(50)44-56(53,54)28-17-15-26(40)16-18-28)43-33(48)32-19-27(22-47(32)34(31)49)55-37(52)46-21-24-11-10-13-30(41)29(24)23-46/h8,10-13,15-18,25,27,31-32H,5-7,9,14,19-23H2,1-4H3,(H,42,51)(H,43,48)(H,44,50)/b12-8-/t25-,27+,31-,32-,39+/m0/s1. The summed E-state index contributed by atoms with van der Waals surface area (Å²) in [7, 11) is -2.75. The Balaban J connectivity index is 1.27. The first kappa shape index (κ1) is 40.9. The van der Waals surface area contributed by atoms with Crippen LogP contribution in [0.2, 0.25) is 5.02 Å². The van der Waals surface area contributed by atoms with Gasteiger partial charge in [-0.3, -0.25) is 19.3 Å². The van der Waals surface area contributed by atoms with E-state index in [1.54, 1.807) is 25.3 Å². The van der Waals surface area contributed by atoms with Crippen LogP contribution in [0.4, 0.5) is 14.0 Å². The van der Waals surface area contributed by atoms with Crippen LogP contribution in [0.5, 0.6) is 0 Å². The molecule has 4 aliphatic rings. The van der Waals surface area contributed by atoms with Crippen LogP contribution in [-0.2, 0) is 42.2 Å². The lowest BCUT2D eigenvalue weighted by molar-refractivity contribution is -0.141. The molecule has 56 heavy (non-hydrogen) atoms. The Kier molecular flexibility index (Phi) is 11.7. The van der Waals surface area contributed by atoms with Crippen LogP contribution in [0, 0.1) is 11.7 Å². The first-order valence-corrected chi connectivity index (χ1v) is 20.6. The van der Waals surface area contributed by atoms with E-state index in [-0.39, 0.29) is 43.8 Å². The molecule has 0 radical (unpaired) electrons. The van der Waals surface area contributed by atoms with Crippen molar-refractivity contribution in [3.05, 3.63) is 76.6 Å². The highest BCUT2D eigenvalue weighted by atomic mass is 35.5. The third-order valence-corrected chi connectivity index (χ3v) is 12.7. The van der Waals surface area contributed by atoms with E-state index in [1.807, 2.05) is 26.8 Å². The van der Waals surface area contributed by atoms with Gasteiger partial charge in [0.2, 0.25) is 11.8 Å². The van der Waals surface area contributed by atoms with E-state index in [9.17, 15) is 36.8 Å². The molecule has 17 heteroatoms. The molecule has 1 saturated heterocycles. The summed E-state index contributed by atoms with van der Waals surface area (Å²) in [5.41, 5.74) is -1.20. The van der Waals surface area contributed by atoms with Crippen molar-refractivity contribution >= 4 is 51.5 Å². The van der Waals surface area contributed by atoms with E-state index in [0.717, 1.165) is 6.42 Å². The van der Waals surface area contributed by atoms with E-state index in [1.165, 1.54) is 45.0 Å². The van der Waals surface area contributed by atoms with Gasteiger partial charge in [-0.2, -0.15) is 0 Å². The number of hydrogen-bond donors (Lipinski definition) is 3. The maximum Gasteiger partial charge on any atom is 0.410 e. The Morgan fingerprint density at radius 2 is 1.79 bits per heavy atom. The molecule has 2 aromatic rings. The fraction of sp³-hybridized carbons (Fsp3) is 0.513. The molecule has 3 heterocycles. The van der Waals surface area contributed by atoms with Crippen molar-refractivity contribution in [2.24, 2.45) is 5.92 Å². The Morgan fingerprint density at radius 3 is 2.48 bits per heavy atom. The zero-order valence-electron chi connectivity index (χ0n) is 31.8. The predicted octanol–water partition coefficient (Wildman–Crippen LogP) is 4.61. The minimum atomic E-state index is -4.36. The number of allylic oxidation sites excluding steroid dienone is 1. The highest BCUT2D eigenvalue weighted by Crippen LogP contribution is 2.46. The average Bonchev–Trinajstić information content (AvgIpc) is 3.42. The molecule has 0 unspecified atom stereocenters. The largest absolute Gasteiger partial charge is 0.444 e. The summed E-state index contributed by atoms with van der Waals surface area (Å²) in [4.78, 5) is 73.5. The van der Waals surface area contributed by atoms with Crippen LogP contribution in [0.15, 0.2) is 59.5 Å². The summed E-state index contributed by atoms with van der Waals surface area (Å²) < 4.78 is 49.0. The lowest BCUT2D eigenvalue weighted by Crippen LogP contribution is -2.59. The van der Waals surface area contributed by atoms with Gasteiger partial charge in [-0.1, -0.05) is 48.7 Å². The number of amides is 6. The maximum absolute atomic E-state index is 14.5. The number of hydrogen-bond acceptors (Lipinski definition) is 8. The number of ether oxygens (including phenoxy) is 1. The molecule has 5 atom stereocenters. The fourth-order valence-corrected chi connectivity index (χ4v) is 8.49. The van der Waals surface area contributed by atoms with Gasteiger partial charge in [0.25, 0.3) is 15.9 Å². The van der Waals surface area contributed by atoms with Crippen LogP contribution >= 0.6 is 11.6 Å². The number of fused-ring (bicyclic) bond motifs is 3. The van der Waals surface area contributed by atoms with E-state index in [2.05, 4.69) is 15.4 Å². The molecule has 302 valence electrons. The highest BCUT2D eigenvalue weighted by Gasteiger charge is 2.62. The van der Waals surface area contributed by atoms with Gasteiger partial charge in [0.05, 0.1) is 18.0 Å². The predicted molar refractivity (Wildman–Crippen MR) is 204 cm³/mol. The van der Waals surface area contributed by atoms with Gasteiger partial charge >= 0.3 is 12.1 Å². The Hall–Kier alpha value is -4.70. The molecule has 1 aliphatic carbocycles. The van der Waals surface area contributed by atoms with Gasteiger partial charge in [-0.05, 0) is 82.3 Å². The fourth-order valence-electron chi connectivity index (χ4n) is 7.33. The number of urea groups is 1. The van der Waals surface area contributed by atoms with Gasteiger partial charge < -0.3 is 25.2 Å². The monoisotopic (exact) mass is 814 g/mol. The molecule has 2 aromatic carbocycles. The molecule has 3 aliphatic heterocycles. The van der Waals surface area contributed by atoms with Crippen molar-refractivity contribution in [1.29, 1.82) is 0 Å². The van der Waals surface area contributed by atoms with Gasteiger partial charge in [0.1, 0.15) is 29.5 Å². The highest BCUT2D eigenvalue weighted by molar-refractivity contribution is 7.90. The zero-order chi connectivity index (χ0) is 40.6. The minimum absolute atomic E-state index is 0.0129. The van der Waals surface area contributed by atoms with Crippen LogP contribution in [0.25, 0.3) is 0 Å². The number of halogens is 2. The second-order valence-electron chi connectivity index (χ2n) is 15.9. The van der Waals surface area contributed by atoms with Crippen LogP contribution < -0.4 is 15.4 Å². The van der Waals surface area contributed by atoms with Crippen molar-refractivity contribution in [3.8, 4) is 0 Å². The number of carbonyl (C=O) groups is 5.